The Morgan fingerprint density at radius 2 is 1.33 bits per heavy atom. The predicted molar refractivity (Wildman–Crippen MR) is 138 cm³/mol. The average Bonchev–Trinajstić information content (AvgIpc) is 2.89. The predicted octanol–water partition coefficient (Wildman–Crippen LogP) is 7.50. The summed E-state index contributed by atoms with van der Waals surface area (Å²) in [6, 6.07) is 31.0. The third-order valence-corrected chi connectivity index (χ3v) is 11.4. The summed E-state index contributed by atoms with van der Waals surface area (Å²) < 4.78 is 12.5. The zero-order valence-electron chi connectivity index (χ0n) is 20.3. The summed E-state index contributed by atoms with van der Waals surface area (Å²) >= 11 is 0. The van der Waals surface area contributed by atoms with Gasteiger partial charge in [0.2, 0.25) is 0 Å². The molecule has 0 aromatic heterocycles. The van der Waals surface area contributed by atoms with Gasteiger partial charge >= 0.3 is 0 Å². The van der Waals surface area contributed by atoms with E-state index in [1.807, 2.05) is 60.7 Å². The highest BCUT2D eigenvalue weighted by molar-refractivity contribution is 6.73. The Balaban J connectivity index is 2.10. The molecule has 0 bridgehead atoms. The quantitative estimate of drug-likeness (QED) is 0.207. The molecule has 0 spiro atoms. The second kappa shape index (κ2) is 12.0. The maximum absolute atomic E-state index is 13.9. The van der Waals surface area contributed by atoms with E-state index in [1.54, 1.807) is 7.11 Å². The molecule has 2 atom stereocenters. The standard InChI is InChI=1S/C29H36O3Si/c1-5-33(6-2,7-3)32-29(25-18-20-26(31-4)21-19-25)27(22-23-14-10-8-11-15-23)28(30)24-16-12-9-13-17-24/h8-21,27,29H,5-7,22H2,1-4H3/t27-,29-/m1/s1. The molecule has 3 nitrogen and oxygen atoms in total. The smallest absolute Gasteiger partial charge is 0.192 e. The Labute approximate surface area is 199 Å². The molecular formula is C29H36O3Si. The fraction of sp³-hybridized carbons (Fsp3) is 0.345. The fourth-order valence-corrected chi connectivity index (χ4v) is 7.31. The SMILES string of the molecule is CC[Si](CC)(CC)O[C@H](c1ccc(OC)cc1)[C@H](Cc1ccccc1)C(=O)c1ccccc1. The number of hydrogen-bond acceptors (Lipinski definition) is 3. The van der Waals surface area contributed by atoms with Crippen molar-refractivity contribution >= 4 is 14.1 Å². The Kier molecular flexibility index (Phi) is 9.04. The van der Waals surface area contributed by atoms with Crippen LogP contribution in [0.4, 0.5) is 0 Å². The minimum absolute atomic E-state index is 0.131. The average molecular weight is 461 g/mol. The van der Waals surface area contributed by atoms with Gasteiger partial charge in [-0.25, -0.2) is 0 Å². The van der Waals surface area contributed by atoms with Crippen LogP contribution in [0.2, 0.25) is 18.1 Å². The first kappa shape index (κ1) is 24.9. The second-order valence-corrected chi connectivity index (χ2v) is 13.3. The van der Waals surface area contributed by atoms with Crippen LogP contribution in [0.5, 0.6) is 5.75 Å². The first-order valence-corrected chi connectivity index (χ1v) is 14.5. The van der Waals surface area contributed by atoms with Gasteiger partial charge in [0, 0.05) is 5.56 Å². The minimum atomic E-state index is -2.00. The van der Waals surface area contributed by atoms with E-state index >= 15 is 0 Å². The highest BCUT2D eigenvalue weighted by Crippen LogP contribution is 2.38. The van der Waals surface area contributed by atoms with Gasteiger partial charge in [-0.3, -0.25) is 4.79 Å². The van der Waals surface area contributed by atoms with E-state index < -0.39 is 8.32 Å². The number of carbonyl (C=O) groups is 1. The number of ketones is 1. The number of benzene rings is 3. The molecule has 3 aromatic rings. The van der Waals surface area contributed by atoms with Crippen molar-refractivity contribution in [2.24, 2.45) is 5.92 Å². The molecule has 3 rings (SSSR count). The maximum atomic E-state index is 13.9. The third-order valence-electron chi connectivity index (χ3n) is 6.81. The molecule has 0 unspecified atom stereocenters. The van der Waals surface area contributed by atoms with Crippen LogP contribution in [0.3, 0.4) is 0 Å². The Bertz CT molecular complexity index is 974. The summed E-state index contributed by atoms with van der Waals surface area (Å²) in [4.78, 5) is 13.9. The molecule has 0 saturated carbocycles. The van der Waals surface area contributed by atoms with Crippen LogP contribution >= 0.6 is 0 Å². The highest BCUT2D eigenvalue weighted by Gasteiger charge is 2.38. The first-order valence-electron chi connectivity index (χ1n) is 12.0. The summed E-state index contributed by atoms with van der Waals surface area (Å²) in [5.74, 6) is 0.614. The zero-order chi connectivity index (χ0) is 23.7. The molecule has 0 saturated heterocycles. The molecule has 4 heteroatoms. The van der Waals surface area contributed by atoms with Gasteiger partial charge in [-0.1, -0.05) is 93.6 Å². The van der Waals surface area contributed by atoms with Crippen LogP contribution < -0.4 is 4.74 Å². The van der Waals surface area contributed by atoms with Crippen molar-refractivity contribution < 1.29 is 14.0 Å². The molecule has 3 aromatic carbocycles. The van der Waals surface area contributed by atoms with Crippen LogP contribution in [-0.4, -0.2) is 21.2 Å². The molecule has 33 heavy (non-hydrogen) atoms. The summed E-state index contributed by atoms with van der Waals surface area (Å²) in [5, 5.41) is 0. The van der Waals surface area contributed by atoms with Gasteiger partial charge in [0.05, 0.1) is 19.1 Å². The number of carbonyl (C=O) groups excluding carboxylic acids is 1. The van der Waals surface area contributed by atoms with Crippen molar-refractivity contribution in [2.75, 3.05) is 7.11 Å². The number of methoxy groups -OCH3 is 1. The summed E-state index contributed by atoms with van der Waals surface area (Å²) in [6.45, 7) is 6.70. The lowest BCUT2D eigenvalue weighted by atomic mass is 9.84. The lowest BCUT2D eigenvalue weighted by Gasteiger charge is -2.37. The molecular weight excluding hydrogens is 424 g/mol. The minimum Gasteiger partial charge on any atom is -0.497 e. The molecule has 0 aliphatic heterocycles. The van der Waals surface area contributed by atoms with Gasteiger partial charge in [0.15, 0.2) is 14.1 Å². The van der Waals surface area contributed by atoms with Crippen molar-refractivity contribution in [3.05, 3.63) is 102 Å². The van der Waals surface area contributed by atoms with Crippen LogP contribution in [0.15, 0.2) is 84.9 Å². The summed E-state index contributed by atoms with van der Waals surface area (Å²) in [6.07, 6.45) is 0.322. The number of rotatable bonds is 12. The molecule has 0 amide bonds. The Hall–Kier alpha value is -2.69. The largest absolute Gasteiger partial charge is 0.497 e. The highest BCUT2D eigenvalue weighted by atomic mass is 28.4. The van der Waals surface area contributed by atoms with Crippen molar-refractivity contribution in [2.45, 2.75) is 51.4 Å². The van der Waals surface area contributed by atoms with E-state index in [1.165, 1.54) is 0 Å². The van der Waals surface area contributed by atoms with Crippen molar-refractivity contribution in [3.8, 4) is 5.75 Å². The van der Waals surface area contributed by atoms with Crippen LogP contribution in [0.25, 0.3) is 0 Å². The van der Waals surface area contributed by atoms with Gasteiger partial charge in [-0.05, 0) is 47.8 Å². The summed E-state index contributed by atoms with van der Waals surface area (Å²) in [5.41, 5.74) is 2.91. The topological polar surface area (TPSA) is 35.5 Å². The van der Waals surface area contributed by atoms with Crippen molar-refractivity contribution in [1.29, 1.82) is 0 Å². The van der Waals surface area contributed by atoms with Gasteiger partial charge in [-0.2, -0.15) is 0 Å². The first-order chi connectivity index (χ1) is 16.1. The van der Waals surface area contributed by atoms with E-state index in [0.717, 1.165) is 40.6 Å². The van der Waals surface area contributed by atoms with Gasteiger partial charge < -0.3 is 9.16 Å². The van der Waals surface area contributed by atoms with Crippen LogP contribution in [0, 0.1) is 5.92 Å². The number of ether oxygens (including phenoxy) is 1. The fourth-order valence-electron chi connectivity index (χ4n) is 4.47. The lowest BCUT2D eigenvalue weighted by Crippen LogP contribution is -2.41. The van der Waals surface area contributed by atoms with E-state index in [9.17, 15) is 4.79 Å². The van der Waals surface area contributed by atoms with Crippen molar-refractivity contribution in [1.82, 2.24) is 0 Å². The van der Waals surface area contributed by atoms with Crippen LogP contribution in [-0.2, 0) is 10.8 Å². The zero-order valence-corrected chi connectivity index (χ0v) is 21.3. The van der Waals surface area contributed by atoms with E-state index in [4.69, 9.17) is 9.16 Å². The normalized spacial score (nSPS) is 13.3. The Morgan fingerprint density at radius 3 is 1.85 bits per heavy atom. The number of Topliss-reactive ketones (excluding diaryl/α,β-unsaturated/α-hetero) is 1. The van der Waals surface area contributed by atoms with E-state index in [0.29, 0.717) is 6.42 Å². The molecule has 0 aliphatic rings. The second-order valence-electron chi connectivity index (χ2n) is 8.58. The molecule has 0 aliphatic carbocycles. The lowest BCUT2D eigenvalue weighted by molar-refractivity contribution is 0.0712. The third kappa shape index (κ3) is 6.21. The molecule has 0 N–H and O–H groups in total. The van der Waals surface area contributed by atoms with E-state index in [-0.39, 0.29) is 17.8 Å². The molecule has 0 fully saturated rings. The van der Waals surface area contributed by atoms with E-state index in [2.05, 4.69) is 45.0 Å². The Morgan fingerprint density at radius 1 is 0.788 bits per heavy atom. The molecule has 174 valence electrons. The van der Waals surface area contributed by atoms with Crippen LogP contribution in [0.1, 0.15) is 48.4 Å². The van der Waals surface area contributed by atoms with Gasteiger partial charge in [0.1, 0.15) is 5.75 Å². The summed E-state index contributed by atoms with van der Waals surface area (Å²) in [7, 11) is -0.325. The van der Waals surface area contributed by atoms with Gasteiger partial charge in [0.25, 0.3) is 0 Å². The van der Waals surface area contributed by atoms with Crippen molar-refractivity contribution in [3.63, 3.8) is 0 Å². The molecule has 0 radical (unpaired) electrons. The molecule has 0 heterocycles. The monoisotopic (exact) mass is 460 g/mol. The number of hydrogen-bond donors (Lipinski definition) is 0. The maximum Gasteiger partial charge on any atom is 0.192 e. The van der Waals surface area contributed by atoms with Gasteiger partial charge in [-0.15, -0.1) is 0 Å².